The fraction of sp³-hybridized carbons (Fsp3) is 0.600. The van der Waals surface area contributed by atoms with E-state index in [4.69, 9.17) is 4.74 Å². The Bertz CT molecular complexity index is 357. The third-order valence-corrected chi connectivity index (χ3v) is 3.71. The van der Waals surface area contributed by atoms with Gasteiger partial charge in [0.25, 0.3) is 0 Å². The molecule has 0 spiro atoms. The molecule has 1 aromatic carbocycles. The molecule has 1 aliphatic rings. The Balaban J connectivity index is 2.00. The first-order valence-corrected chi connectivity index (χ1v) is 6.87. The summed E-state index contributed by atoms with van der Waals surface area (Å²) in [5.41, 5.74) is 0.970. The van der Waals surface area contributed by atoms with Crippen molar-refractivity contribution in [2.24, 2.45) is 0 Å². The SMILES string of the molecule is CCOc1ccc([C@H](O)[C@@H](C)N2CCCC2)cc1. The van der Waals surface area contributed by atoms with Crippen LogP contribution < -0.4 is 4.74 Å². The van der Waals surface area contributed by atoms with Crippen LogP contribution in [-0.4, -0.2) is 35.7 Å². The normalized spacial score (nSPS) is 19.7. The minimum Gasteiger partial charge on any atom is -0.494 e. The summed E-state index contributed by atoms with van der Waals surface area (Å²) in [6.07, 6.45) is 2.08. The van der Waals surface area contributed by atoms with Gasteiger partial charge < -0.3 is 9.84 Å². The predicted octanol–water partition coefficient (Wildman–Crippen LogP) is 2.60. The molecule has 1 fully saturated rings. The number of rotatable bonds is 5. The molecular weight excluding hydrogens is 226 g/mol. The molecule has 1 heterocycles. The van der Waals surface area contributed by atoms with Crippen LogP contribution in [0.1, 0.15) is 38.4 Å². The van der Waals surface area contributed by atoms with E-state index in [-0.39, 0.29) is 6.04 Å². The van der Waals surface area contributed by atoms with Crippen LogP contribution in [0, 0.1) is 0 Å². The number of aliphatic hydroxyl groups excluding tert-OH is 1. The first-order chi connectivity index (χ1) is 8.72. The largest absolute Gasteiger partial charge is 0.494 e. The molecule has 0 saturated carbocycles. The van der Waals surface area contributed by atoms with Crippen molar-refractivity contribution in [1.82, 2.24) is 4.90 Å². The van der Waals surface area contributed by atoms with Gasteiger partial charge in [-0.2, -0.15) is 0 Å². The highest BCUT2D eigenvalue weighted by atomic mass is 16.5. The van der Waals surface area contributed by atoms with Gasteiger partial charge in [-0.3, -0.25) is 4.90 Å². The molecule has 3 heteroatoms. The van der Waals surface area contributed by atoms with Crippen molar-refractivity contribution in [3.63, 3.8) is 0 Å². The molecule has 3 nitrogen and oxygen atoms in total. The van der Waals surface area contributed by atoms with E-state index in [0.29, 0.717) is 6.61 Å². The number of hydrogen-bond donors (Lipinski definition) is 1. The third-order valence-electron chi connectivity index (χ3n) is 3.71. The average Bonchev–Trinajstić information content (AvgIpc) is 2.92. The van der Waals surface area contributed by atoms with Gasteiger partial charge in [0.15, 0.2) is 0 Å². The quantitative estimate of drug-likeness (QED) is 0.870. The lowest BCUT2D eigenvalue weighted by atomic mass is 10.0. The topological polar surface area (TPSA) is 32.7 Å². The smallest absolute Gasteiger partial charge is 0.119 e. The molecule has 1 aromatic rings. The van der Waals surface area contributed by atoms with Crippen LogP contribution in [0.4, 0.5) is 0 Å². The number of likely N-dealkylation sites (tertiary alicyclic amines) is 1. The second-order valence-electron chi connectivity index (χ2n) is 4.93. The number of nitrogens with zero attached hydrogens (tertiary/aromatic N) is 1. The summed E-state index contributed by atoms with van der Waals surface area (Å²) in [7, 11) is 0. The van der Waals surface area contributed by atoms with E-state index in [1.165, 1.54) is 12.8 Å². The van der Waals surface area contributed by atoms with Crippen molar-refractivity contribution >= 4 is 0 Å². The molecule has 2 atom stereocenters. The van der Waals surface area contributed by atoms with Crippen molar-refractivity contribution in [1.29, 1.82) is 0 Å². The fourth-order valence-corrected chi connectivity index (χ4v) is 2.55. The van der Waals surface area contributed by atoms with E-state index < -0.39 is 6.10 Å². The van der Waals surface area contributed by atoms with Crippen molar-refractivity contribution in [2.45, 2.75) is 38.8 Å². The Hall–Kier alpha value is -1.06. The van der Waals surface area contributed by atoms with E-state index in [1.807, 2.05) is 31.2 Å². The number of benzene rings is 1. The first kappa shape index (κ1) is 13.4. The van der Waals surface area contributed by atoms with E-state index in [0.717, 1.165) is 24.4 Å². The van der Waals surface area contributed by atoms with Crippen LogP contribution in [0.3, 0.4) is 0 Å². The zero-order valence-corrected chi connectivity index (χ0v) is 11.3. The van der Waals surface area contributed by atoms with Crippen LogP contribution in [0.25, 0.3) is 0 Å². The molecule has 0 radical (unpaired) electrons. The number of aliphatic hydroxyl groups is 1. The van der Waals surface area contributed by atoms with Crippen LogP contribution in [0.15, 0.2) is 24.3 Å². The lowest BCUT2D eigenvalue weighted by molar-refractivity contribution is 0.0715. The fourth-order valence-electron chi connectivity index (χ4n) is 2.55. The lowest BCUT2D eigenvalue weighted by Crippen LogP contribution is -2.35. The predicted molar refractivity (Wildman–Crippen MR) is 72.8 cm³/mol. The third kappa shape index (κ3) is 3.03. The Kier molecular flexibility index (Phi) is 4.61. The summed E-state index contributed by atoms with van der Waals surface area (Å²) in [4.78, 5) is 2.36. The van der Waals surface area contributed by atoms with Gasteiger partial charge in [-0.25, -0.2) is 0 Å². The van der Waals surface area contributed by atoms with Gasteiger partial charge in [0.1, 0.15) is 5.75 Å². The van der Waals surface area contributed by atoms with Gasteiger partial charge in [-0.15, -0.1) is 0 Å². The maximum atomic E-state index is 10.4. The number of hydrogen-bond acceptors (Lipinski definition) is 3. The van der Waals surface area contributed by atoms with Crippen LogP contribution in [0.2, 0.25) is 0 Å². The Morgan fingerprint density at radius 1 is 1.22 bits per heavy atom. The highest BCUT2D eigenvalue weighted by Crippen LogP contribution is 2.25. The highest BCUT2D eigenvalue weighted by Gasteiger charge is 2.25. The summed E-state index contributed by atoms with van der Waals surface area (Å²) in [5, 5.41) is 10.4. The minimum atomic E-state index is -0.418. The zero-order chi connectivity index (χ0) is 13.0. The summed E-state index contributed by atoms with van der Waals surface area (Å²) in [6, 6.07) is 7.97. The molecule has 100 valence electrons. The van der Waals surface area contributed by atoms with Crippen molar-refractivity contribution < 1.29 is 9.84 Å². The molecule has 0 bridgehead atoms. The van der Waals surface area contributed by atoms with Crippen LogP contribution in [0.5, 0.6) is 5.75 Å². The maximum absolute atomic E-state index is 10.4. The van der Waals surface area contributed by atoms with Crippen molar-refractivity contribution in [3.8, 4) is 5.75 Å². The molecule has 1 saturated heterocycles. The summed E-state index contributed by atoms with van der Waals surface area (Å²) >= 11 is 0. The highest BCUT2D eigenvalue weighted by molar-refractivity contribution is 5.29. The van der Waals surface area contributed by atoms with Gasteiger partial charge in [0.2, 0.25) is 0 Å². The Morgan fingerprint density at radius 2 is 1.83 bits per heavy atom. The van der Waals surface area contributed by atoms with Crippen LogP contribution in [-0.2, 0) is 0 Å². The molecular formula is C15H23NO2. The molecule has 0 unspecified atom stereocenters. The zero-order valence-electron chi connectivity index (χ0n) is 11.3. The van der Waals surface area contributed by atoms with Crippen molar-refractivity contribution in [3.05, 3.63) is 29.8 Å². The number of ether oxygens (including phenoxy) is 1. The lowest BCUT2D eigenvalue weighted by Gasteiger charge is -2.28. The molecule has 0 aromatic heterocycles. The molecule has 1 N–H and O–H groups in total. The van der Waals surface area contributed by atoms with Gasteiger partial charge in [0.05, 0.1) is 12.7 Å². The monoisotopic (exact) mass is 249 g/mol. The Morgan fingerprint density at radius 3 is 2.39 bits per heavy atom. The van der Waals surface area contributed by atoms with Crippen LogP contribution >= 0.6 is 0 Å². The first-order valence-electron chi connectivity index (χ1n) is 6.87. The van der Waals surface area contributed by atoms with E-state index in [9.17, 15) is 5.11 Å². The molecule has 0 aliphatic carbocycles. The Labute approximate surface area is 109 Å². The standard InChI is InChI=1S/C15H23NO2/c1-3-18-14-8-6-13(7-9-14)15(17)12(2)16-10-4-5-11-16/h6-9,12,15,17H,3-5,10-11H2,1-2H3/t12-,15-/m1/s1. The molecule has 1 aliphatic heterocycles. The second kappa shape index (κ2) is 6.21. The van der Waals surface area contributed by atoms with Crippen molar-refractivity contribution in [2.75, 3.05) is 19.7 Å². The van der Waals surface area contributed by atoms with E-state index in [1.54, 1.807) is 0 Å². The molecule has 18 heavy (non-hydrogen) atoms. The van der Waals surface area contributed by atoms with Gasteiger partial charge >= 0.3 is 0 Å². The molecule has 0 amide bonds. The van der Waals surface area contributed by atoms with E-state index in [2.05, 4.69) is 11.8 Å². The van der Waals surface area contributed by atoms with Gasteiger partial charge in [0, 0.05) is 6.04 Å². The molecule has 2 rings (SSSR count). The van der Waals surface area contributed by atoms with Gasteiger partial charge in [-0.1, -0.05) is 12.1 Å². The summed E-state index contributed by atoms with van der Waals surface area (Å²) < 4.78 is 5.41. The maximum Gasteiger partial charge on any atom is 0.119 e. The second-order valence-corrected chi connectivity index (χ2v) is 4.93. The minimum absolute atomic E-state index is 0.186. The summed E-state index contributed by atoms with van der Waals surface area (Å²) in [6.45, 7) is 6.96. The average molecular weight is 249 g/mol. The van der Waals surface area contributed by atoms with E-state index >= 15 is 0 Å². The summed E-state index contributed by atoms with van der Waals surface area (Å²) in [5.74, 6) is 0.863. The van der Waals surface area contributed by atoms with Gasteiger partial charge in [-0.05, 0) is 57.5 Å².